The van der Waals surface area contributed by atoms with Crippen molar-refractivity contribution < 1.29 is 33.6 Å². The quantitative estimate of drug-likeness (QED) is 0.519. The molecule has 0 unspecified atom stereocenters. The fraction of sp³-hybridized carbons (Fsp3) is 0.741. The molecule has 37 heavy (non-hydrogen) atoms. The molecule has 2 aromatic rings. The van der Waals surface area contributed by atoms with Crippen LogP contribution in [0.15, 0.2) is 35.5 Å². The highest BCUT2D eigenvalue weighted by Crippen LogP contribution is 2.62. The number of aromatic nitrogens is 4. The van der Waals surface area contributed by atoms with Crippen molar-refractivity contribution in [3.05, 3.63) is 30.3 Å². The summed E-state index contributed by atoms with van der Waals surface area (Å²) in [6.45, 7) is 0. The van der Waals surface area contributed by atoms with E-state index in [-0.39, 0.29) is 5.54 Å². The standard InChI is InChI=1S/C27H35N4S.ClHO4/c1-2-4-24(5-3-1)30-25(32-27-15-21-9-22(16-27)11-23(10-21)17-27)28-31(29-30)26-12-18-6-19(13-26)8-20(7-18)14-26;2-1(3,4)5/h1-5,18-23H,6-17H2;(H,2,3,4,5)/q+1;/p-1. The molecule has 1 aromatic carbocycles. The average Bonchev–Trinajstić information content (AvgIpc) is 3.21. The van der Waals surface area contributed by atoms with Crippen molar-refractivity contribution in [2.24, 2.45) is 35.5 Å². The van der Waals surface area contributed by atoms with Gasteiger partial charge in [0.1, 0.15) is 11.2 Å². The highest BCUT2D eigenvalue weighted by atomic mass is 35.7. The van der Waals surface area contributed by atoms with E-state index in [1.807, 2.05) is 0 Å². The molecule has 0 spiro atoms. The van der Waals surface area contributed by atoms with Crippen LogP contribution in [0.25, 0.3) is 5.69 Å². The summed E-state index contributed by atoms with van der Waals surface area (Å²) >= 11 is 2.12. The molecule has 0 N–H and O–H groups in total. The van der Waals surface area contributed by atoms with Crippen molar-refractivity contribution in [1.29, 1.82) is 0 Å². The molecule has 8 nitrogen and oxygen atoms in total. The average molecular weight is 547 g/mol. The van der Waals surface area contributed by atoms with Crippen molar-refractivity contribution in [3.63, 3.8) is 0 Å². The first-order valence-electron chi connectivity index (χ1n) is 13.9. The van der Waals surface area contributed by atoms with E-state index in [0.717, 1.165) is 40.7 Å². The molecule has 0 radical (unpaired) electrons. The Morgan fingerprint density at radius 2 is 1.16 bits per heavy atom. The van der Waals surface area contributed by atoms with Gasteiger partial charge in [-0.05, 0) is 141 Å². The maximum Gasteiger partial charge on any atom is 0.363 e. The topological polar surface area (TPSA) is 127 Å². The third-order valence-corrected chi connectivity index (χ3v) is 11.6. The van der Waals surface area contributed by atoms with E-state index in [1.165, 1.54) is 82.7 Å². The van der Waals surface area contributed by atoms with Gasteiger partial charge in [-0.25, -0.2) is 18.6 Å². The minimum absolute atomic E-state index is 0.186. The van der Waals surface area contributed by atoms with Crippen LogP contribution in [-0.4, -0.2) is 19.9 Å². The van der Waals surface area contributed by atoms with Crippen LogP contribution in [0.2, 0.25) is 0 Å². The van der Waals surface area contributed by atoms with Crippen LogP contribution in [-0.2, 0) is 5.54 Å². The van der Waals surface area contributed by atoms with Crippen LogP contribution in [0.1, 0.15) is 77.0 Å². The van der Waals surface area contributed by atoms with Crippen molar-refractivity contribution in [1.82, 2.24) is 15.1 Å². The summed E-state index contributed by atoms with van der Waals surface area (Å²) in [7, 11) is -4.94. The molecule has 1 aromatic heterocycles. The number of thioether (sulfide) groups is 1. The Hall–Kier alpha value is -1.23. The minimum Gasteiger partial charge on any atom is -0.222 e. The largest absolute Gasteiger partial charge is 0.363 e. The SMILES string of the molecule is [O-][Cl+3]([O-])([O-])[O-].c1ccc(-[n+]2nn(C34CC5CC(CC(C5)C3)C4)nc2SC23CC4CC(CC(C4)C2)C3)cc1. The lowest BCUT2D eigenvalue weighted by Gasteiger charge is -2.55. The Morgan fingerprint density at radius 3 is 1.62 bits per heavy atom. The van der Waals surface area contributed by atoms with Gasteiger partial charge in [0, 0.05) is 4.75 Å². The van der Waals surface area contributed by atoms with Gasteiger partial charge in [0.2, 0.25) is 0 Å². The highest BCUT2D eigenvalue weighted by molar-refractivity contribution is 8.00. The summed E-state index contributed by atoms with van der Waals surface area (Å²) in [5.74, 6) is 5.65. The van der Waals surface area contributed by atoms with Crippen molar-refractivity contribution >= 4 is 11.8 Å². The molecule has 1 heterocycles. The third kappa shape index (κ3) is 4.85. The summed E-state index contributed by atoms with van der Waals surface area (Å²) in [5.41, 5.74) is 1.36. The number of hydrogen-bond donors (Lipinski definition) is 0. The lowest BCUT2D eigenvalue weighted by atomic mass is 9.53. The zero-order chi connectivity index (χ0) is 25.4. The summed E-state index contributed by atoms with van der Waals surface area (Å²) < 4.78 is 36.6. The number of rotatable bonds is 4. The van der Waals surface area contributed by atoms with Gasteiger partial charge >= 0.3 is 5.16 Å². The zero-order valence-electron chi connectivity index (χ0n) is 21.0. The van der Waals surface area contributed by atoms with Gasteiger partial charge in [0.15, 0.2) is 0 Å². The molecule has 10 rings (SSSR count). The monoisotopic (exact) mass is 546 g/mol. The van der Waals surface area contributed by atoms with Crippen LogP contribution in [0.4, 0.5) is 0 Å². The Bertz CT molecular complexity index is 1080. The zero-order valence-corrected chi connectivity index (χ0v) is 22.6. The molecule has 8 aliphatic rings. The number of tetrazole rings is 1. The van der Waals surface area contributed by atoms with Crippen LogP contribution in [0.5, 0.6) is 0 Å². The van der Waals surface area contributed by atoms with Crippen molar-refractivity contribution in [2.75, 3.05) is 0 Å². The van der Waals surface area contributed by atoms with Gasteiger partial charge in [-0.2, -0.15) is 0 Å². The van der Waals surface area contributed by atoms with Crippen LogP contribution >= 0.6 is 11.8 Å². The van der Waals surface area contributed by atoms with E-state index in [0.29, 0.717) is 4.75 Å². The molecule has 8 fully saturated rings. The predicted molar refractivity (Wildman–Crippen MR) is 124 cm³/mol. The van der Waals surface area contributed by atoms with E-state index in [4.69, 9.17) is 28.9 Å². The normalized spacial score (nSPS) is 41.1. The summed E-state index contributed by atoms with van der Waals surface area (Å²) in [6, 6.07) is 10.8. The van der Waals surface area contributed by atoms with Gasteiger partial charge in [-0.3, -0.25) is 0 Å². The first-order valence-corrected chi connectivity index (χ1v) is 16.0. The molecular formula is C27H35ClN4O4S. The fourth-order valence-corrected chi connectivity index (χ4v) is 11.6. The summed E-state index contributed by atoms with van der Waals surface area (Å²) in [5, 5.41) is 11.8. The third-order valence-electron chi connectivity index (χ3n) is 10.3. The first-order chi connectivity index (χ1) is 17.6. The Labute approximate surface area is 224 Å². The van der Waals surface area contributed by atoms with Gasteiger partial charge < -0.3 is 0 Å². The summed E-state index contributed by atoms with van der Waals surface area (Å²) in [4.78, 5) is 2.24. The van der Waals surface area contributed by atoms with E-state index < -0.39 is 10.2 Å². The second-order valence-electron chi connectivity index (χ2n) is 13.1. The first kappa shape index (κ1) is 24.8. The lowest BCUT2D eigenvalue weighted by molar-refractivity contribution is -2.00. The fourth-order valence-electron chi connectivity index (χ4n) is 9.92. The molecule has 0 saturated heterocycles. The number of hydrogen-bond acceptors (Lipinski definition) is 7. The molecule has 0 aliphatic heterocycles. The van der Waals surface area contributed by atoms with E-state index in [1.54, 1.807) is 0 Å². The second-order valence-corrected chi connectivity index (χ2v) is 15.3. The minimum atomic E-state index is -4.94. The van der Waals surface area contributed by atoms with Gasteiger partial charge in [0.05, 0.1) is 10.3 Å². The van der Waals surface area contributed by atoms with Gasteiger partial charge in [0.25, 0.3) is 0 Å². The molecule has 8 saturated carbocycles. The molecular weight excluding hydrogens is 512 g/mol. The van der Waals surface area contributed by atoms with Crippen molar-refractivity contribution in [3.8, 4) is 5.69 Å². The number of halogens is 1. The number of benzene rings is 1. The lowest BCUT2D eigenvalue weighted by Crippen LogP contribution is -2.68. The van der Waals surface area contributed by atoms with E-state index >= 15 is 0 Å². The number of nitrogens with zero attached hydrogens (tertiary/aromatic N) is 4. The molecule has 0 amide bonds. The molecule has 8 aliphatic carbocycles. The maximum absolute atomic E-state index is 8.49. The van der Waals surface area contributed by atoms with Gasteiger partial charge in [-0.15, -0.1) is 10.2 Å². The molecule has 200 valence electrons. The Morgan fingerprint density at radius 1 is 0.730 bits per heavy atom. The van der Waals surface area contributed by atoms with Crippen LogP contribution in [0, 0.1) is 45.8 Å². The summed E-state index contributed by atoms with van der Waals surface area (Å²) in [6.07, 6.45) is 17.0. The maximum atomic E-state index is 8.49. The second kappa shape index (κ2) is 8.89. The van der Waals surface area contributed by atoms with E-state index in [2.05, 4.69) is 51.6 Å². The van der Waals surface area contributed by atoms with Gasteiger partial charge in [-0.1, -0.05) is 22.9 Å². The van der Waals surface area contributed by atoms with Crippen LogP contribution < -0.4 is 23.3 Å². The van der Waals surface area contributed by atoms with Crippen LogP contribution in [0.3, 0.4) is 0 Å². The Kier molecular flexibility index (Phi) is 5.96. The molecule has 8 bridgehead atoms. The molecule has 0 atom stereocenters. The molecule has 10 heteroatoms. The number of para-hydroxylation sites is 1. The smallest absolute Gasteiger partial charge is 0.222 e. The Balaban J connectivity index is 0.000000426. The van der Waals surface area contributed by atoms with Crippen molar-refractivity contribution in [2.45, 2.75) is 92.5 Å². The van der Waals surface area contributed by atoms with E-state index in [9.17, 15) is 0 Å². The highest BCUT2D eigenvalue weighted by Gasteiger charge is 2.58. The predicted octanol–water partition coefficient (Wildman–Crippen LogP) is 0.785.